The summed E-state index contributed by atoms with van der Waals surface area (Å²) in [6.45, 7) is 13.0. The van der Waals surface area contributed by atoms with E-state index in [1.165, 1.54) is 0 Å². The molecule has 2 N–H and O–H groups in total. The molecule has 0 amide bonds. The lowest BCUT2D eigenvalue weighted by Crippen LogP contribution is -2.40. The highest BCUT2D eigenvalue weighted by Gasteiger charge is 2.36. The minimum Gasteiger partial charge on any atom is -0.485 e. The summed E-state index contributed by atoms with van der Waals surface area (Å²) < 4.78 is 41.8. The van der Waals surface area contributed by atoms with Gasteiger partial charge < -0.3 is 23.8 Å². The molecule has 2 rings (SSSR count). The Bertz CT molecular complexity index is 874. The summed E-state index contributed by atoms with van der Waals surface area (Å²) in [6, 6.07) is 0. The molecular formula is C27H47O8P. The van der Waals surface area contributed by atoms with Crippen molar-refractivity contribution in [2.45, 2.75) is 105 Å². The van der Waals surface area contributed by atoms with Crippen LogP contribution in [-0.4, -0.2) is 54.7 Å². The monoisotopic (exact) mass is 530 g/mol. The van der Waals surface area contributed by atoms with Gasteiger partial charge in [-0.05, 0) is 70.1 Å². The number of phosphoric acid groups is 1. The van der Waals surface area contributed by atoms with Crippen LogP contribution in [0.5, 0.6) is 11.5 Å². The van der Waals surface area contributed by atoms with Crippen molar-refractivity contribution in [2.24, 2.45) is 0 Å². The Kier molecular flexibility index (Phi) is 12.7. The molecule has 0 aromatic heterocycles. The van der Waals surface area contributed by atoms with Gasteiger partial charge in [-0.3, -0.25) is 9.42 Å². The normalized spacial score (nSPS) is 19.9. The van der Waals surface area contributed by atoms with E-state index in [4.69, 9.17) is 23.3 Å². The molecule has 1 aromatic carbocycles. The van der Waals surface area contributed by atoms with Crippen molar-refractivity contribution >= 4 is 7.82 Å². The Morgan fingerprint density at radius 3 is 2.31 bits per heavy atom. The first-order valence-electron chi connectivity index (χ1n) is 13.4. The van der Waals surface area contributed by atoms with Crippen molar-refractivity contribution in [1.29, 1.82) is 0 Å². The summed E-state index contributed by atoms with van der Waals surface area (Å²) in [7, 11) is -4.42. The number of benzene rings is 1. The first kappa shape index (κ1) is 31.1. The van der Waals surface area contributed by atoms with Gasteiger partial charge in [-0.2, -0.15) is 0 Å². The molecule has 0 fully saturated rings. The van der Waals surface area contributed by atoms with Crippen LogP contribution in [0.3, 0.4) is 0 Å². The maximum Gasteiger partial charge on any atom is 0.527 e. The van der Waals surface area contributed by atoms with E-state index in [9.17, 15) is 14.6 Å². The van der Waals surface area contributed by atoms with Gasteiger partial charge in [0.05, 0.1) is 19.8 Å². The van der Waals surface area contributed by atoms with Gasteiger partial charge in [0.25, 0.3) is 0 Å². The van der Waals surface area contributed by atoms with Crippen LogP contribution in [0.2, 0.25) is 0 Å². The molecule has 8 nitrogen and oxygen atoms in total. The molecule has 1 aliphatic rings. The van der Waals surface area contributed by atoms with Gasteiger partial charge >= 0.3 is 7.82 Å². The van der Waals surface area contributed by atoms with Crippen LogP contribution in [-0.2, 0) is 25.0 Å². The van der Waals surface area contributed by atoms with E-state index in [0.29, 0.717) is 44.0 Å². The molecule has 1 aromatic rings. The number of fused-ring (bicyclic) bond motifs is 1. The standard InChI is InChI=1S/C27H47O8P/c1-7-9-11-15-31-17-23(32-16-12-10-8-2)18-33-36(29,30)35-25-20(3)21(4)26-24(22(25)5)13-14-27(6,19-28)34-26/h23,28H,7-19H2,1-6H3,(H,29,30)/t23-,27?/m1/s1. The van der Waals surface area contributed by atoms with E-state index in [1.807, 2.05) is 27.7 Å². The minimum atomic E-state index is -4.42. The molecule has 0 radical (unpaired) electrons. The van der Waals surface area contributed by atoms with Crippen LogP contribution in [0.4, 0.5) is 0 Å². The molecule has 0 spiro atoms. The van der Waals surface area contributed by atoms with E-state index in [1.54, 1.807) is 0 Å². The Hall–Kier alpha value is -1.15. The zero-order valence-electron chi connectivity index (χ0n) is 23.1. The second kappa shape index (κ2) is 14.7. The van der Waals surface area contributed by atoms with Gasteiger partial charge in [-0.15, -0.1) is 0 Å². The summed E-state index contributed by atoms with van der Waals surface area (Å²) in [5.41, 5.74) is 2.56. The predicted molar refractivity (Wildman–Crippen MR) is 141 cm³/mol. The molecule has 0 bridgehead atoms. The van der Waals surface area contributed by atoms with Crippen molar-refractivity contribution in [3.8, 4) is 11.5 Å². The lowest BCUT2D eigenvalue weighted by molar-refractivity contribution is -0.0425. The van der Waals surface area contributed by atoms with E-state index in [2.05, 4.69) is 13.8 Å². The van der Waals surface area contributed by atoms with Gasteiger partial charge in [0.2, 0.25) is 0 Å². The van der Waals surface area contributed by atoms with Gasteiger partial charge in [-0.25, -0.2) is 4.57 Å². The fourth-order valence-corrected chi connectivity index (χ4v) is 5.18. The molecule has 1 heterocycles. The van der Waals surface area contributed by atoms with Crippen molar-refractivity contribution in [3.05, 3.63) is 22.3 Å². The zero-order chi connectivity index (χ0) is 26.8. The van der Waals surface area contributed by atoms with Crippen LogP contribution in [0, 0.1) is 20.8 Å². The van der Waals surface area contributed by atoms with Gasteiger partial charge in [-0.1, -0.05) is 39.5 Å². The summed E-state index contributed by atoms with van der Waals surface area (Å²) in [4.78, 5) is 10.6. The maximum absolute atomic E-state index is 13.0. The third kappa shape index (κ3) is 9.00. The maximum atomic E-state index is 13.0. The molecule has 2 unspecified atom stereocenters. The molecule has 9 heteroatoms. The molecule has 1 aliphatic heterocycles. The number of aliphatic hydroxyl groups excluding tert-OH is 1. The number of hydrogen-bond acceptors (Lipinski definition) is 7. The van der Waals surface area contributed by atoms with Gasteiger partial charge in [0.1, 0.15) is 23.2 Å². The van der Waals surface area contributed by atoms with Crippen LogP contribution in [0.25, 0.3) is 0 Å². The fraction of sp³-hybridized carbons (Fsp3) is 0.778. The predicted octanol–water partition coefficient (Wildman–Crippen LogP) is 5.97. The van der Waals surface area contributed by atoms with Crippen molar-refractivity contribution in [2.75, 3.05) is 33.0 Å². The zero-order valence-corrected chi connectivity index (χ0v) is 24.0. The quantitative estimate of drug-likeness (QED) is 0.188. The van der Waals surface area contributed by atoms with Crippen molar-refractivity contribution in [1.82, 2.24) is 0 Å². The second-order valence-electron chi connectivity index (χ2n) is 10.1. The first-order valence-corrected chi connectivity index (χ1v) is 14.9. The first-order chi connectivity index (χ1) is 17.1. The topological polar surface area (TPSA) is 104 Å². The number of rotatable bonds is 17. The smallest absolute Gasteiger partial charge is 0.485 e. The van der Waals surface area contributed by atoms with E-state index < -0.39 is 19.5 Å². The molecule has 3 atom stereocenters. The Balaban J connectivity index is 2.08. The van der Waals surface area contributed by atoms with Crippen molar-refractivity contribution < 1.29 is 37.8 Å². The van der Waals surface area contributed by atoms with Gasteiger partial charge in [0.15, 0.2) is 0 Å². The summed E-state index contributed by atoms with van der Waals surface area (Å²) in [6.07, 6.45) is 7.11. The fourth-order valence-electron chi connectivity index (χ4n) is 4.26. The SMILES string of the molecule is CCCCCOC[C@H](COP(=O)(O)Oc1c(C)c(C)c2c(c1C)CCC(C)(CO)O2)OCCCCC. The van der Waals surface area contributed by atoms with Crippen LogP contribution < -0.4 is 9.26 Å². The summed E-state index contributed by atoms with van der Waals surface area (Å²) >= 11 is 0. The Labute approximate surface area is 217 Å². The van der Waals surface area contributed by atoms with E-state index in [0.717, 1.165) is 61.0 Å². The molecule has 0 saturated carbocycles. The van der Waals surface area contributed by atoms with Crippen LogP contribution in [0.15, 0.2) is 0 Å². The summed E-state index contributed by atoms with van der Waals surface area (Å²) in [5.74, 6) is 1.05. The average Bonchev–Trinajstić information content (AvgIpc) is 2.85. The van der Waals surface area contributed by atoms with E-state index >= 15 is 0 Å². The largest absolute Gasteiger partial charge is 0.527 e. The van der Waals surface area contributed by atoms with Crippen LogP contribution >= 0.6 is 7.82 Å². The van der Waals surface area contributed by atoms with Crippen LogP contribution in [0.1, 0.15) is 88.0 Å². The van der Waals surface area contributed by atoms with E-state index in [-0.39, 0.29) is 13.2 Å². The Morgan fingerprint density at radius 2 is 1.67 bits per heavy atom. The molecule has 0 aliphatic carbocycles. The number of unbranched alkanes of at least 4 members (excludes halogenated alkanes) is 4. The molecule has 0 saturated heterocycles. The lowest BCUT2D eigenvalue weighted by atomic mass is 9.87. The number of ether oxygens (including phenoxy) is 3. The second-order valence-corrected chi connectivity index (χ2v) is 11.4. The third-order valence-corrected chi connectivity index (χ3v) is 7.71. The highest BCUT2D eigenvalue weighted by molar-refractivity contribution is 7.47. The van der Waals surface area contributed by atoms with Crippen molar-refractivity contribution in [3.63, 3.8) is 0 Å². The summed E-state index contributed by atoms with van der Waals surface area (Å²) in [5, 5.41) is 9.73. The average molecular weight is 531 g/mol. The molecule has 36 heavy (non-hydrogen) atoms. The highest BCUT2D eigenvalue weighted by Crippen LogP contribution is 2.50. The molecule has 208 valence electrons. The number of phosphoric ester groups is 1. The number of aliphatic hydroxyl groups is 1. The Morgan fingerprint density at radius 1 is 1.00 bits per heavy atom. The molecular weight excluding hydrogens is 483 g/mol. The lowest BCUT2D eigenvalue weighted by Gasteiger charge is -2.37. The highest BCUT2D eigenvalue weighted by atomic mass is 31.2. The third-order valence-electron chi connectivity index (χ3n) is 6.83. The number of hydrogen-bond donors (Lipinski definition) is 2. The minimum absolute atomic E-state index is 0.0775. The van der Waals surface area contributed by atoms with Gasteiger partial charge in [0, 0.05) is 18.8 Å².